The van der Waals surface area contributed by atoms with E-state index in [-0.39, 0.29) is 12.0 Å². The Labute approximate surface area is 119 Å². The van der Waals surface area contributed by atoms with Gasteiger partial charge in [-0.1, -0.05) is 6.92 Å². The Balaban J connectivity index is 1.47. The van der Waals surface area contributed by atoms with Crippen LogP contribution in [0.25, 0.3) is 0 Å². The van der Waals surface area contributed by atoms with Crippen molar-refractivity contribution in [2.24, 2.45) is 5.92 Å². The highest BCUT2D eigenvalue weighted by molar-refractivity contribution is 5.77. The second kappa shape index (κ2) is 4.62. The van der Waals surface area contributed by atoms with Crippen LogP contribution in [0.5, 0.6) is 0 Å². The molecule has 0 amide bonds. The van der Waals surface area contributed by atoms with E-state index in [1.807, 2.05) is 0 Å². The number of hydrogen-bond acceptors (Lipinski definition) is 4. The quantitative estimate of drug-likeness (QED) is 0.775. The van der Waals surface area contributed by atoms with Crippen molar-refractivity contribution in [3.05, 3.63) is 23.7 Å². The van der Waals surface area contributed by atoms with Crippen molar-refractivity contribution in [2.45, 2.75) is 57.2 Å². The van der Waals surface area contributed by atoms with E-state index < -0.39 is 0 Å². The molecular formula is C16H21NO3. The smallest absolute Gasteiger partial charge is 0.323 e. The molecule has 4 heteroatoms. The van der Waals surface area contributed by atoms with Gasteiger partial charge in [0.2, 0.25) is 0 Å². The van der Waals surface area contributed by atoms with Crippen LogP contribution in [0.4, 0.5) is 0 Å². The number of hydrogen-bond donors (Lipinski definition) is 0. The van der Waals surface area contributed by atoms with E-state index in [1.54, 1.807) is 0 Å². The molecule has 0 N–H and O–H groups in total. The SMILES string of the molecule is C[C@@H]1C[C@@H]1c1ccc(CN(C2CC2)[C@@H]2CCOC2=O)o1. The Hall–Kier alpha value is -1.29. The zero-order valence-corrected chi connectivity index (χ0v) is 11.9. The number of carbonyl (C=O) groups excluding carboxylic acids is 1. The number of carbonyl (C=O) groups is 1. The molecule has 0 spiro atoms. The predicted octanol–water partition coefficient (Wildman–Crippen LogP) is 2.68. The Kier molecular flexibility index (Phi) is 2.88. The maximum absolute atomic E-state index is 11.8. The fourth-order valence-corrected chi connectivity index (χ4v) is 3.26. The molecular weight excluding hydrogens is 254 g/mol. The third-order valence-corrected chi connectivity index (χ3v) is 4.82. The fraction of sp³-hybridized carbons (Fsp3) is 0.688. The van der Waals surface area contributed by atoms with E-state index in [1.165, 1.54) is 19.3 Å². The van der Waals surface area contributed by atoms with Gasteiger partial charge in [0.25, 0.3) is 0 Å². The van der Waals surface area contributed by atoms with E-state index in [2.05, 4.69) is 24.0 Å². The van der Waals surface area contributed by atoms with Crippen molar-refractivity contribution in [3.8, 4) is 0 Å². The molecule has 3 aliphatic rings. The molecule has 2 aliphatic carbocycles. The highest BCUT2D eigenvalue weighted by Crippen LogP contribution is 2.47. The summed E-state index contributed by atoms with van der Waals surface area (Å²) in [5, 5.41) is 0. The molecule has 3 fully saturated rings. The zero-order valence-electron chi connectivity index (χ0n) is 11.9. The molecule has 3 atom stereocenters. The lowest BCUT2D eigenvalue weighted by Gasteiger charge is -2.24. The first-order chi connectivity index (χ1) is 9.72. The summed E-state index contributed by atoms with van der Waals surface area (Å²) in [6.45, 7) is 3.57. The summed E-state index contributed by atoms with van der Waals surface area (Å²) >= 11 is 0. The van der Waals surface area contributed by atoms with Gasteiger partial charge in [-0.15, -0.1) is 0 Å². The van der Waals surface area contributed by atoms with Crippen molar-refractivity contribution in [3.63, 3.8) is 0 Å². The highest BCUT2D eigenvalue weighted by Gasteiger charge is 2.41. The van der Waals surface area contributed by atoms with Crippen LogP contribution in [0.1, 0.15) is 50.0 Å². The van der Waals surface area contributed by atoms with Crippen LogP contribution in [-0.2, 0) is 16.1 Å². The topological polar surface area (TPSA) is 42.7 Å². The summed E-state index contributed by atoms with van der Waals surface area (Å²) in [6, 6.07) is 4.67. The van der Waals surface area contributed by atoms with Gasteiger partial charge in [-0.3, -0.25) is 9.69 Å². The molecule has 108 valence electrons. The van der Waals surface area contributed by atoms with Gasteiger partial charge in [0.1, 0.15) is 17.6 Å². The lowest BCUT2D eigenvalue weighted by molar-refractivity contribution is -0.142. The van der Waals surface area contributed by atoms with Crippen molar-refractivity contribution in [2.75, 3.05) is 6.61 Å². The predicted molar refractivity (Wildman–Crippen MR) is 73.2 cm³/mol. The molecule has 1 saturated heterocycles. The van der Waals surface area contributed by atoms with Gasteiger partial charge in [-0.2, -0.15) is 0 Å². The van der Waals surface area contributed by atoms with Gasteiger partial charge in [0, 0.05) is 18.4 Å². The molecule has 0 bridgehead atoms. The minimum atomic E-state index is -0.0594. The molecule has 4 rings (SSSR count). The van der Waals surface area contributed by atoms with Crippen LogP contribution in [-0.4, -0.2) is 29.6 Å². The van der Waals surface area contributed by atoms with Crippen molar-refractivity contribution in [1.82, 2.24) is 4.90 Å². The molecule has 1 aromatic heterocycles. The maximum atomic E-state index is 11.8. The van der Waals surface area contributed by atoms with Gasteiger partial charge in [-0.05, 0) is 37.3 Å². The van der Waals surface area contributed by atoms with Crippen LogP contribution in [0.15, 0.2) is 16.5 Å². The second-order valence-electron chi connectivity index (χ2n) is 6.50. The molecule has 1 aliphatic heterocycles. The molecule has 0 radical (unpaired) electrons. The highest BCUT2D eigenvalue weighted by atomic mass is 16.5. The monoisotopic (exact) mass is 275 g/mol. The molecule has 2 saturated carbocycles. The second-order valence-corrected chi connectivity index (χ2v) is 6.50. The number of rotatable bonds is 5. The molecule has 1 aromatic rings. The first kappa shape index (κ1) is 12.5. The van der Waals surface area contributed by atoms with E-state index >= 15 is 0 Å². The van der Waals surface area contributed by atoms with E-state index in [9.17, 15) is 4.79 Å². The van der Waals surface area contributed by atoms with Crippen molar-refractivity contribution >= 4 is 5.97 Å². The summed E-state index contributed by atoms with van der Waals surface area (Å²) in [5.41, 5.74) is 0. The molecule has 2 heterocycles. The lowest BCUT2D eigenvalue weighted by atomic mass is 10.2. The Bertz CT molecular complexity index is 520. The number of cyclic esters (lactones) is 1. The Morgan fingerprint density at radius 1 is 1.30 bits per heavy atom. The van der Waals surface area contributed by atoms with E-state index in [0.29, 0.717) is 18.6 Å². The molecule has 0 aromatic carbocycles. The lowest BCUT2D eigenvalue weighted by Crippen LogP contribution is -2.39. The Morgan fingerprint density at radius 2 is 2.10 bits per heavy atom. The van der Waals surface area contributed by atoms with Crippen LogP contribution < -0.4 is 0 Å². The average Bonchev–Trinajstić information content (AvgIpc) is 3.31. The molecule has 20 heavy (non-hydrogen) atoms. The van der Waals surface area contributed by atoms with E-state index in [0.717, 1.165) is 30.4 Å². The number of furan rings is 1. The first-order valence-electron chi connectivity index (χ1n) is 7.73. The van der Waals surface area contributed by atoms with Crippen LogP contribution in [0.2, 0.25) is 0 Å². The van der Waals surface area contributed by atoms with Gasteiger partial charge >= 0.3 is 5.97 Å². The van der Waals surface area contributed by atoms with Crippen LogP contribution in [0.3, 0.4) is 0 Å². The van der Waals surface area contributed by atoms with Crippen molar-refractivity contribution < 1.29 is 13.9 Å². The molecule has 0 unspecified atom stereocenters. The average molecular weight is 275 g/mol. The van der Waals surface area contributed by atoms with Crippen molar-refractivity contribution in [1.29, 1.82) is 0 Å². The third-order valence-electron chi connectivity index (χ3n) is 4.82. The summed E-state index contributed by atoms with van der Waals surface area (Å²) in [4.78, 5) is 14.1. The van der Waals surface area contributed by atoms with Gasteiger partial charge in [0.15, 0.2) is 0 Å². The number of ether oxygens (including phenoxy) is 1. The van der Waals surface area contributed by atoms with Gasteiger partial charge < -0.3 is 9.15 Å². The first-order valence-corrected chi connectivity index (χ1v) is 7.73. The molecule has 4 nitrogen and oxygen atoms in total. The minimum absolute atomic E-state index is 0.0560. The minimum Gasteiger partial charge on any atom is -0.464 e. The summed E-state index contributed by atoms with van der Waals surface area (Å²) in [6.07, 6.45) is 4.45. The summed E-state index contributed by atoms with van der Waals surface area (Å²) in [5.74, 6) is 3.44. The standard InChI is InChI=1S/C16H21NO3/c1-10-8-13(10)15-5-4-12(20-15)9-17(11-2-3-11)14-6-7-19-16(14)18/h4-5,10-11,13-14H,2-3,6-9H2,1H3/t10-,13+,14-/m1/s1. The number of nitrogens with zero attached hydrogens (tertiary/aromatic N) is 1. The van der Waals surface area contributed by atoms with Gasteiger partial charge in [-0.25, -0.2) is 0 Å². The zero-order chi connectivity index (χ0) is 13.7. The summed E-state index contributed by atoms with van der Waals surface area (Å²) in [7, 11) is 0. The largest absolute Gasteiger partial charge is 0.464 e. The third kappa shape index (κ3) is 2.26. The van der Waals surface area contributed by atoms with Crippen LogP contribution >= 0.6 is 0 Å². The normalized spacial score (nSPS) is 32.7. The van der Waals surface area contributed by atoms with Gasteiger partial charge in [0.05, 0.1) is 13.2 Å². The fourth-order valence-electron chi connectivity index (χ4n) is 3.26. The van der Waals surface area contributed by atoms with E-state index in [4.69, 9.17) is 9.15 Å². The van der Waals surface area contributed by atoms with Crippen LogP contribution in [0, 0.1) is 5.92 Å². The Morgan fingerprint density at radius 3 is 2.70 bits per heavy atom. The summed E-state index contributed by atoms with van der Waals surface area (Å²) < 4.78 is 11.1. The maximum Gasteiger partial charge on any atom is 0.323 e. The number of esters is 1.